The zero-order chi connectivity index (χ0) is 13.7. The van der Waals surface area contributed by atoms with Crippen LogP contribution in [0.15, 0.2) is 36.4 Å². The van der Waals surface area contributed by atoms with E-state index >= 15 is 0 Å². The smallest absolute Gasteiger partial charge is 0.226 e. The second-order valence-corrected chi connectivity index (χ2v) is 4.29. The van der Waals surface area contributed by atoms with Gasteiger partial charge in [-0.25, -0.2) is 9.97 Å². The van der Waals surface area contributed by atoms with Crippen LogP contribution >= 0.6 is 12.4 Å². The van der Waals surface area contributed by atoms with Crippen LogP contribution < -0.4 is 10.6 Å². The summed E-state index contributed by atoms with van der Waals surface area (Å²) in [7, 11) is 0. The molecule has 0 bridgehead atoms. The van der Waals surface area contributed by atoms with Crippen molar-refractivity contribution in [1.82, 2.24) is 9.97 Å². The quantitative estimate of drug-likeness (QED) is 0.921. The van der Waals surface area contributed by atoms with E-state index in [1.54, 1.807) is 0 Å². The lowest BCUT2D eigenvalue weighted by Crippen LogP contribution is -2.25. The summed E-state index contributed by atoms with van der Waals surface area (Å²) in [5.41, 5.74) is 8.63. The molecule has 0 atom stereocenters. The zero-order valence-corrected chi connectivity index (χ0v) is 12.7. The number of anilines is 1. The molecule has 1 heterocycles. The van der Waals surface area contributed by atoms with Crippen molar-refractivity contribution in [2.45, 2.75) is 20.4 Å². The van der Waals surface area contributed by atoms with Crippen molar-refractivity contribution < 1.29 is 0 Å². The van der Waals surface area contributed by atoms with E-state index < -0.39 is 0 Å². The van der Waals surface area contributed by atoms with Crippen LogP contribution in [-0.2, 0) is 6.54 Å². The number of hydrogen-bond donors (Lipinski definition) is 1. The van der Waals surface area contributed by atoms with E-state index in [0.717, 1.165) is 36.0 Å². The third-order valence-electron chi connectivity index (χ3n) is 3.09. The summed E-state index contributed by atoms with van der Waals surface area (Å²) in [6.07, 6.45) is 0. The van der Waals surface area contributed by atoms with Crippen molar-refractivity contribution in [2.75, 3.05) is 18.0 Å². The van der Waals surface area contributed by atoms with Gasteiger partial charge in [-0.3, -0.25) is 0 Å². The fourth-order valence-electron chi connectivity index (χ4n) is 1.99. The maximum Gasteiger partial charge on any atom is 0.226 e. The lowest BCUT2D eigenvalue weighted by atomic mass is 10.1. The fourth-order valence-corrected chi connectivity index (χ4v) is 1.99. The fraction of sp³-hybridized carbons (Fsp3) is 0.333. The van der Waals surface area contributed by atoms with Gasteiger partial charge < -0.3 is 10.6 Å². The van der Waals surface area contributed by atoms with E-state index in [-0.39, 0.29) is 12.4 Å². The average Bonchev–Trinajstić information content (AvgIpc) is 2.49. The van der Waals surface area contributed by atoms with E-state index in [4.69, 9.17) is 5.73 Å². The van der Waals surface area contributed by atoms with Gasteiger partial charge in [0.2, 0.25) is 5.95 Å². The molecule has 0 amide bonds. The Morgan fingerprint density at radius 1 is 1.05 bits per heavy atom. The minimum atomic E-state index is 0. The first kappa shape index (κ1) is 16.4. The normalized spacial score (nSPS) is 9.95. The van der Waals surface area contributed by atoms with Crippen LogP contribution in [0.3, 0.4) is 0 Å². The van der Waals surface area contributed by atoms with Crippen molar-refractivity contribution in [2.24, 2.45) is 5.73 Å². The molecule has 0 unspecified atom stereocenters. The van der Waals surface area contributed by atoms with Crippen LogP contribution in [0.5, 0.6) is 0 Å². The summed E-state index contributed by atoms with van der Waals surface area (Å²) in [5, 5.41) is 0. The number of nitrogens with zero attached hydrogens (tertiary/aromatic N) is 3. The van der Waals surface area contributed by atoms with Crippen LogP contribution in [0.4, 0.5) is 5.95 Å². The molecule has 4 nitrogen and oxygen atoms in total. The molecule has 1 aromatic heterocycles. The highest BCUT2D eigenvalue weighted by Gasteiger charge is 2.10. The van der Waals surface area contributed by atoms with E-state index in [0.29, 0.717) is 6.54 Å². The van der Waals surface area contributed by atoms with Crippen molar-refractivity contribution in [3.8, 4) is 11.3 Å². The standard InChI is InChI=1S/C15H20N4.ClH/c1-3-19(4-2)15-17-13(11-16)10-14(18-15)12-8-6-5-7-9-12;/h5-10H,3-4,11,16H2,1-2H3;1H. The minimum absolute atomic E-state index is 0. The number of hydrogen-bond acceptors (Lipinski definition) is 4. The second-order valence-electron chi connectivity index (χ2n) is 4.29. The van der Waals surface area contributed by atoms with Gasteiger partial charge in [-0.15, -0.1) is 12.4 Å². The predicted octanol–water partition coefficient (Wildman–Crippen LogP) is 2.87. The van der Waals surface area contributed by atoms with Crippen LogP contribution in [0.2, 0.25) is 0 Å². The van der Waals surface area contributed by atoms with Crippen molar-refractivity contribution in [3.05, 3.63) is 42.1 Å². The van der Waals surface area contributed by atoms with Gasteiger partial charge in [0, 0.05) is 25.2 Å². The zero-order valence-electron chi connectivity index (χ0n) is 11.9. The summed E-state index contributed by atoms with van der Waals surface area (Å²) in [4.78, 5) is 11.3. The van der Waals surface area contributed by atoms with Crippen LogP contribution in [0, 0.1) is 0 Å². The Hall–Kier alpha value is -1.65. The topological polar surface area (TPSA) is 55.0 Å². The molecular weight excluding hydrogens is 272 g/mol. The predicted molar refractivity (Wildman–Crippen MR) is 86.2 cm³/mol. The molecule has 2 N–H and O–H groups in total. The van der Waals surface area contributed by atoms with Crippen molar-refractivity contribution in [1.29, 1.82) is 0 Å². The maximum atomic E-state index is 5.74. The van der Waals surface area contributed by atoms with Gasteiger partial charge in [0.25, 0.3) is 0 Å². The molecule has 0 fully saturated rings. The summed E-state index contributed by atoms with van der Waals surface area (Å²) in [5.74, 6) is 0.756. The third-order valence-corrected chi connectivity index (χ3v) is 3.09. The molecule has 0 saturated heterocycles. The molecule has 2 aromatic rings. The van der Waals surface area contributed by atoms with Gasteiger partial charge in [0.1, 0.15) is 0 Å². The number of aromatic nitrogens is 2. The van der Waals surface area contributed by atoms with Crippen LogP contribution in [-0.4, -0.2) is 23.1 Å². The first-order valence-electron chi connectivity index (χ1n) is 6.66. The Morgan fingerprint density at radius 3 is 2.25 bits per heavy atom. The highest BCUT2D eigenvalue weighted by molar-refractivity contribution is 5.85. The van der Waals surface area contributed by atoms with E-state index in [1.807, 2.05) is 24.3 Å². The molecule has 5 heteroatoms. The molecule has 0 radical (unpaired) electrons. The summed E-state index contributed by atoms with van der Waals surface area (Å²) < 4.78 is 0. The van der Waals surface area contributed by atoms with Crippen LogP contribution in [0.1, 0.15) is 19.5 Å². The Bertz CT molecular complexity index is 527. The Kier molecular flexibility index (Phi) is 6.42. The number of rotatable bonds is 5. The van der Waals surface area contributed by atoms with Crippen LogP contribution in [0.25, 0.3) is 11.3 Å². The monoisotopic (exact) mass is 292 g/mol. The van der Waals surface area contributed by atoms with E-state index in [1.165, 1.54) is 0 Å². The molecular formula is C15H21ClN4. The van der Waals surface area contributed by atoms with E-state index in [9.17, 15) is 0 Å². The lowest BCUT2D eigenvalue weighted by Gasteiger charge is -2.19. The molecule has 0 aliphatic carbocycles. The van der Waals surface area contributed by atoms with Gasteiger partial charge in [0.05, 0.1) is 11.4 Å². The average molecular weight is 293 g/mol. The minimum Gasteiger partial charge on any atom is -0.341 e. The highest BCUT2D eigenvalue weighted by atomic mass is 35.5. The van der Waals surface area contributed by atoms with Gasteiger partial charge in [0.15, 0.2) is 0 Å². The summed E-state index contributed by atoms with van der Waals surface area (Å²) in [6, 6.07) is 12.1. The molecule has 0 aliphatic heterocycles. The van der Waals surface area contributed by atoms with Crippen molar-refractivity contribution in [3.63, 3.8) is 0 Å². The van der Waals surface area contributed by atoms with Crippen molar-refractivity contribution >= 4 is 18.4 Å². The largest absolute Gasteiger partial charge is 0.341 e. The highest BCUT2D eigenvalue weighted by Crippen LogP contribution is 2.20. The van der Waals surface area contributed by atoms with Gasteiger partial charge in [-0.2, -0.15) is 0 Å². The van der Waals surface area contributed by atoms with E-state index in [2.05, 4.69) is 40.8 Å². The Labute approximate surface area is 126 Å². The summed E-state index contributed by atoms with van der Waals surface area (Å²) >= 11 is 0. The first-order valence-corrected chi connectivity index (χ1v) is 6.66. The lowest BCUT2D eigenvalue weighted by molar-refractivity contribution is 0.809. The van der Waals surface area contributed by atoms with Gasteiger partial charge in [-0.05, 0) is 19.9 Å². The third kappa shape index (κ3) is 3.68. The molecule has 0 spiro atoms. The SMILES string of the molecule is CCN(CC)c1nc(CN)cc(-c2ccccc2)n1.Cl. The number of halogens is 1. The van der Waals surface area contributed by atoms with Gasteiger partial charge in [-0.1, -0.05) is 30.3 Å². The number of nitrogens with two attached hydrogens (primary N) is 1. The maximum absolute atomic E-state index is 5.74. The molecule has 0 saturated carbocycles. The second kappa shape index (κ2) is 7.82. The molecule has 20 heavy (non-hydrogen) atoms. The number of benzene rings is 1. The Balaban J connectivity index is 0.00000200. The molecule has 108 valence electrons. The summed E-state index contributed by atoms with van der Waals surface area (Å²) in [6.45, 7) is 6.41. The Morgan fingerprint density at radius 2 is 1.70 bits per heavy atom. The van der Waals surface area contributed by atoms with Gasteiger partial charge >= 0.3 is 0 Å². The molecule has 0 aliphatic rings. The first-order chi connectivity index (χ1) is 9.28. The molecule has 2 rings (SSSR count). The molecule has 1 aromatic carbocycles.